The Labute approximate surface area is 96.4 Å². The van der Waals surface area contributed by atoms with Crippen LogP contribution in [-0.4, -0.2) is 6.10 Å². The van der Waals surface area contributed by atoms with Crippen LogP contribution < -0.4 is 5.73 Å². The van der Waals surface area contributed by atoms with Crippen molar-refractivity contribution in [3.8, 4) is 0 Å². The summed E-state index contributed by atoms with van der Waals surface area (Å²) in [5, 5.41) is 0.694. The molecule has 0 aromatic heterocycles. The highest BCUT2D eigenvalue weighted by molar-refractivity contribution is 6.30. The third kappa shape index (κ3) is 3.73. The Morgan fingerprint density at radius 3 is 2.60 bits per heavy atom. The highest BCUT2D eigenvalue weighted by Gasteiger charge is 2.08. The molecule has 0 amide bonds. The molecule has 2 N–H and O–H groups in total. The molecule has 0 spiro atoms. The number of hydrogen-bond acceptors (Lipinski definition) is 2. The molecular formula is C12H18ClNO. The first-order valence-corrected chi connectivity index (χ1v) is 5.54. The Hall–Kier alpha value is -0.730. The lowest BCUT2D eigenvalue weighted by Gasteiger charge is -2.17. The van der Waals surface area contributed by atoms with Crippen molar-refractivity contribution in [2.75, 3.05) is 5.73 Å². The number of hydrogen-bond donors (Lipinski definition) is 1. The Kier molecular flexibility index (Phi) is 4.43. The summed E-state index contributed by atoms with van der Waals surface area (Å²) < 4.78 is 5.69. The van der Waals surface area contributed by atoms with E-state index in [1.165, 1.54) is 0 Å². The predicted molar refractivity (Wildman–Crippen MR) is 65.0 cm³/mol. The maximum Gasteiger partial charge on any atom is 0.0741 e. The van der Waals surface area contributed by atoms with E-state index in [0.29, 0.717) is 17.5 Å². The molecule has 0 heterocycles. The summed E-state index contributed by atoms with van der Waals surface area (Å²) in [4.78, 5) is 0. The van der Waals surface area contributed by atoms with Gasteiger partial charge in [0.15, 0.2) is 0 Å². The van der Waals surface area contributed by atoms with Crippen molar-refractivity contribution in [3.05, 3.63) is 28.8 Å². The lowest BCUT2D eigenvalue weighted by Crippen LogP contribution is -2.15. The molecule has 0 aliphatic heterocycles. The van der Waals surface area contributed by atoms with Crippen LogP contribution in [0.15, 0.2) is 18.2 Å². The molecule has 2 nitrogen and oxygen atoms in total. The first-order valence-electron chi connectivity index (χ1n) is 5.16. The zero-order chi connectivity index (χ0) is 11.4. The largest absolute Gasteiger partial charge is 0.398 e. The van der Waals surface area contributed by atoms with Gasteiger partial charge in [-0.05, 0) is 31.0 Å². The van der Waals surface area contributed by atoms with Gasteiger partial charge in [-0.25, -0.2) is 0 Å². The van der Waals surface area contributed by atoms with Crippen LogP contribution in [0, 0.1) is 5.92 Å². The fourth-order valence-electron chi connectivity index (χ4n) is 1.11. The minimum Gasteiger partial charge on any atom is -0.398 e. The highest BCUT2D eigenvalue weighted by Crippen LogP contribution is 2.20. The topological polar surface area (TPSA) is 35.2 Å². The van der Waals surface area contributed by atoms with E-state index in [2.05, 4.69) is 20.8 Å². The van der Waals surface area contributed by atoms with Gasteiger partial charge in [-0.15, -0.1) is 0 Å². The SMILES string of the molecule is CC(C)C(C)OCc1cc(Cl)ccc1N. The minimum atomic E-state index is 0.225. The molecule has 0 aliphatic rings. The summed E-state index contributed by atoms with van der Waals surface area (Å²) in [5.41, 5.74) is 7.50. The van der Waals surface area contributed by atoms with E-state index in [9.17, 15) is 0 Å². The van der Waals surface area contributed by atoms with Crippen molar-refractivity contribution in [3.63, 3.8) is 0 Å². The summed E-state index contributed by atoms with van der Waals surface area (Å²) in [6.07, 6.45) is 0.225. The van der Waals surface area contributed by atoms with E-state index in [1.54, 1.807) is 12.1 Å². The van der Waals surface area contributed by atoms with Gasteiger partial charge < -0.3 is 10.5 Å². The lowest BCUT2D eigenvalue weighted by atomic mass is 10.1. The van der Waals surface area contributed by atoms with Gasteiger partial charge in [0.05, 0.1) is 12.7 Å². The number of benzene rings is 1. The van der Waals surface area contributed by atoms with Crippen LogP contribution in [-0.2, 0) is 11.3 Å². The Morgan fingerprint density at radius 1 is 1.33 bits per heavy atom. The summed E-state index contributed by atoms with van der Waals surface area (Å²) in [6, 6.07) is 5.44. The van der Waals surface area contributed by atoms with Gasteiger partial charge in [0.1, 0.15) is 0 Å². The number of ether oxygens (including phenoxy) is 1. The van der Waals surface area contributed by atoms with Crippen molar-refractivity contribution in [2.45, 2.75) is 33.5 Å². The summed E-state index contributed by atoms with van der Waals surface area (Å²) >= 11 is 5.88. The van der Waals surface area contributed by atoms with E-state index in [-0.39, 0.29) is 6.10 Å². The molecule has 15 heavy (non-hydrogen) atoms. The maximum absolute atomic E-state index is 5.88. The number of rotatable bonds is 4. The first kappa shape index (κ1) is 12.3. The first-order chi connectivity index (χ1) is 7.00. The van der Waals surface area contributed by atoms with Crippen molar-refractivity contribution in [1.29, 1.82) is 0 Å². The number of nitrogens with two attached hydrogens (primary N) is 1. The van der Waals surface area contributed by atoms with Crippen molar-refractivity contribution < 1.29 is 4.74 Å². The zero-order valence-electron chi connectivity index (χ0n) is 9.46. The molecule has 1 atom stereocenters. The third-order valence-corrected chi connectivity index (χ3v) is 2.78. The quantitative estimate of drug-likeness (QED) is 0.800. The molecule has 0 fully saturated rings. The molecule has 0 radical (unpaired) electrons. The van der Waals surface area contributed by atoms with Crippen molar-refractivity contribution in [2.24, 2.45) is 5.92 Å². The maximum atomic E-state index is 5.88. The second-order valence-corrected chi connectivity index (χ2v) is 4.54. The van der Waals surface area contributed by atoms with Gasteiger partial charge in [0.25, 0.3) is 0 Å². The highest BCUT2D eigenvalue weighted by atomic mass is 35.5. The van der Waals surface area contributed by atoms with E-state index >= 15 is 0 Å². The average molecular weight is 228 g/mol. The van der Waals surface area contributed by atoms with E-state index < -0.39 is 0 Å². The lowest BCUT2D eigenvalue weighted by molar-refractivity contribution is 0.0238. The van der Waals surface area contributed by atoms with E-state index in [4.69, 9.17) is 22.1 Å². The number of nitrogen functional groups attached to an aromatic ring is 1. The molecule has 1 rings (SSSR count). The van der Waals surface area contributed by atoms with Gasteiger partial charge in [0.2, 0.25) is 0 Å². The average Bonchev–Trinajstić information content (AvgIpc) is 2.18. The van der Waals surface area contributed by atoms with E-state index in [1.807, 2.05) is 6.07 Å². The Morgan fingerprint density at radius 2 is 2.00 bits per heavy atom. The Bertz CT molecular complexity index is 325. The molecule has 1 aromatic carbocycles. The fourth-order valence-corrected chi connectivity index (χ4v) is 1.31. The van der Waals surface area contributed by atoms with Gasteiger partial charge in [-0.1, -0.05) is 25.4 Å². The molecule has 1 unspecified atom stereocenters. The zero-order valence-corrected chi connectivity index (χ0v) is 10.2. The molecule has 3 heteroatoms. The van der Waals surface area contributed by atoms with Crippen molar-refractivity contribution >= 4 is 17.3 Å². The van der Waals surface area contributed by atoms with Crippen LogP contribution in [0.4, 0.5) is 5.69 Å². The van der Waals surface area contributed by atoms with Gasteiger partial charge in [0, 0.05) is 16.3 Å². The second-order valence-electron chi connectivity index (χ2n) is 4.10. The van der Waals surface area contributed by atoms with Crippen LogP contribution in [0.5, 0.6) is 0 Å². The van der Waals surface area contributed by atoms with Gasteiger partial charge >= 0.3 is 0 Å². The van der Waals surface area contributed by atoms with Crippen LogP contribution in [0.3, 0.4) is 0 Å². The fraction of sp³-hybridized carbons (Fsp3) is 0.500. The van der Waals surface area contributed by atoms with Crippen LogP contribution >= 0.6 is 11.6 Å². The standard InChI is InChI=1S/C12H18ClNO/c1-8(2)9(3)15-7-10-6-11(13)4-5-12(10)14/h4-6,8-9H,7,14H2,1-3H3. The van der Waals surface area contributed by atoms with Crippen LogP contribution in [0.25, 0.3) is 0 Å². The Balaban J connectivity index is 2.61. The number of halogens is 1. The molecule has 0 bridgehead atoms. The molecule has 84 valence electrons. The summed E-state index contributed by atoms with van der Waals surface area (Å²) in [6.45, 7) is 6.84. The van der Waals surface area contributed by atoms with E-state index in [0.717, 1.165) is 11.3 Å². The van der Waals surface area contributed by atoms with Gasteiger partial charge in [-0.2, -0.15) is 0 Å². The van der Waals surface area contributed by atoms with Crippen LogP contribution in [0.2, 0.25) is 5.02 Å². The number of anilines is 1. The van der Waals surface area contributed by atoms with Crippen molar-refractivity contribution in [1.82, 2.24) is 0 Å². The summed E-state index contributed by atoms with van der Waals surface area (Å²) in [5.74, 6) is 0.505. The molecular weight excluding hydrogens is 210 g/mol. The molecule has 0 saturated heterocycles. The third-order valence-electron chi connectivity index (χ3n) is 2.55. The van der Waals surface area contributed by atoms with Gasteiger partial charge in [-0.3, -0.25) is 0 Å². The predicted octanol–water partition coefficient (Wildman–Crippen LogP) is 3.48. The normalized spacial score (nSPS) is 13.1. The monoisotopic (exact) mass is 227 g/mol. The molecule has 0 aliphatic carbocycles. The molecule has 0 saturated carbocycles. The second kappa shape index (κ2) is 5.38. The summed E-state index contributed by atoms with van der Waals surface area (Å²) in [7, 11) is 0. The van der Waals surface area contributed by atoms with Crippen LogP contribution in [0.1, 0.15) is 26.3 Å². The smallest absolute Gasteiger partial charge is 0.0741 e. The minimum absolute atomic E-state index is 0.225. The molecule has 1 aromatic rings.